The number of hydrogen-bond donors (Lipinski definition) is 2. The van der Waals surface area contributed by atoms with Crippen LogP contribution in [0, 0.1) is 0 Å². The zero-order valence-corrected chi connectivity index (χ0v) is 12.5. The second-order valence-corrected chi connectivity index (χ2v) is 5.75. The van der Waals surface area contributed by atoms with Gasteiger partial charge in [-0.25, -0.2) is 0 Å². The maximum atomic E-state index is 12.2. The van der Waals surface area contributed by atoms with Gasteiger partial charge in [-0.1, -0.05) is 23.7 Å². The summed E-state index contributed by atoms with van der Waals surface area (Å²) >= 11 is 5.95. The minimum absolute atomic E-state index is 0.0759. The van der Waals surface area contributed by atoms with Gasteiger partial charge in [0, 0.05) is 17.8 Å². The van der Waals surface area contributed by atoms with Crippen molar-refractivity contribution >= 4 is 17.5 Å². The van der Waals surface area contributed by atoms with Crippen LogP contribution in [0.4, 0.5) is 0 Å². The monoisotopic (exact) mass is 304 g/mol. The van der Waals surface area contributed by atoms with Crippen molar-refractivity contribution in [1.29, 1.82) is 0 Å². The largest absolute Gasteiger partial charge is 0.346 e. The molecule has 2 N–H and O–H groups in total. The molecule has 1 fully saturated rings. The molecule has 21 heavy (non-hydrogen) atoms. The van der Waals surface area contributed by atoms with Crippen molar-refractivity contribution in [2.75, 3.05) is 13.6 Å². The van der Waals surface area contributed by atoms with Gasteiger partial charge in [0.2, 0.25) is 0 Å². The lowest BCUT2D eigenvalue weighted by molar-refractivity contribution is 0.0922. The Kier molecular flexibility index (Phi) is 3.94. The third kappa shape index (κ3) is 2.94. The number of carbonyl (C=O) groups excluding carboxylic acids is 1. The lowest BCUT2D eigenvalue weighted by atomic mass is 10.00. The molecule has 2 unspecified atom stereocenters. The van der Waals surface area contributed by atoms with Gasteiger partial charge in [-0.2, -0.15) is 5.10 Å². The second kappa shape index (κ2) is 5.87. The van der Waals surface area contributed by atoms with Gasteiger partial charge in [-0.3, -0.25) is 14.8 Å². The molecule has 5 nitrogen and oxygen atoms in total. The maximum Gasteiger partial charge on any atom is 0.269 e. The molecule has 2 aromatic rings. The van der Waals surface area contributed by atoms with Crippen molar-refractivity contribution in [1.82, 2.24) is 20.4 Å². The first kappa shape index (κ1) is 14.1. The molecular weight excluding hydrogens is 288 g/mol. The Morgan fingerprint density at radius 2 is 2.14 bits per heavy atom. The number of H-pyrrole nitrogens is 1. The van der Waals surface area contributed by atoms with Crippen LogP contribution in [0.5, 0.6) is 0 Å². The van der Waals surface area contributed by atoms with Crippen molar-refractivity contribution in [3.05, 3.63) is 52.8 Å². The summed E-state index contributed by atoms with van der Waals surface area (Å²) < 4.78 is 0. The fourth-order valence-corrected chi connectivity index (χ4v) is 3.00. The highest BCUT2D eigenvalue weighted by molar-refractivity contribution is 6.30. The number of aromatic amines is 1. The summed E-state index contributed by atoms with van der Waals surface area (Å²) in [5.74, 6) is -0.119. The van der Waals surface area contributed by atoms with E-state index in [2.05, 4.69) is 27.5 Å². The van der Waals surface area contributed by atoms with E-state index in [1.807, 2.05) is 24.3 Å². The van der Waals surface area contributed by atoms with E-state index in [0.29, 0.717) is 5.69 Å². The van der Waals surface area contributed by atoms with Crippen LogP contribution in [0.3, 0.4) is 0 Å². The summed E-state index contributed by atoms with van der Waals surface area (Å²) in [4.78, 5) is 14.4. The smallest absolute Gasteiger partial charge is 0.269 e. The van der Waals surface area contributed by atoms with E-state index in [1.54, 1.807) is 12.3 Å². The predicted octanol–water partition coefficient (Wildman–Crippen LogP) is 2.24. The zero-order valence-electron chi connectivity index (χ0n) is 11.7. The summed E-state index contributed by atoms with van der Waals surface area (Å²) in [7, 11) is 2.07. The van der Waals surface area contributed by atoms with Gasteiger partial charge in [-0.15, -0.1) is 0 Å². The SMILES string of the molecule is CN1CCC(NC(=O)c2ccn[nH]2)C1c1ccc(Cl)cc1. The van der Waals surface area contributed by atoms with E-state index in [0.717, 1.165) is 23.6 Å². The molecule has 1 aromatic carbocycles. The van der Waals surface area contributed by atoms with Crippen LogP contribution in [-0.4, -0.2) is 40.6 Å². The van der Waals surface area contributed by atoms with Gasteiger partial charge >= 0.3 is 0 Å². The standard InChI is InChI=1S/C15H17ClN4O/c1-20-9-7-12(18-15(21)13-6-8-17-19-13)14(20)10-2-4-11(16)5-3-10/h2-6,8,12,14H,7,9H2,1H3,(H,17,19)(H,18,21). The molecule has 2 atom stereocenters. The van der Waals surface area contributed by atoms with E-state index in [4.69, 9.17) is 11.6 Å². The third-order valence-electron chi connectivity index (χ3n) is 3.92. The molecule has 6 heteroatoms. The lowest BCUT2D eigenvalue weighted by Crippen LogP contribution is -2.39. The van der Waals surface area contributed by atoms with Crippen molar-refractivity contribution < 1.29 is 4.79 Å². The van der Waals surface area contributed by atoms with Gasteiger partial charge in [0.05, 0.1) is 12.1 Å². The summed E-state index contributed by atoms with van der Waals surface area (Å²) in [6.07, 6.45) is 2.50. The first-order chi connectivity index (χ1) is 10.1. The molecule has 1 amide bonds. The molecule has 2 heterocycles. The van der Waals surface area contributed by atoms with Crippen LogP contribution in [0.15, 0.2) is 36.5 Å². The van der Waals surface area contributed by atoms with Crippen LogP contribution in [0.25, 0.3) is 0 Å². The molecule has 0 saturated carbocycles. The fraction of sp³-hybridized carbons (Fsp3) is 0.333. The average molecular weight is 305 g/mol. The number of nitrogens with zero attached hydrogens (tertiary/aromatic N) is 2. The number of nitrogens with one attached hydrogen (secondary N) is 2. The molecule has 1 aliphatic heterocycles. The van der Waals surface area contributed by atoms with Gasteiger partial charge in [0.15, 0.2) is 0 Å². The number of halogens is 1. The molecule has 1 aliphatic rings. The topological polar surface area (TPSA) is 61.0 Å². The maximum absolute atomic E-state index is 12.2. The molecule has 110 valence electrons. The zero-order chi connectivity index (χ0) is 14.8. The van der Waals surface area contributed by atoms with Gasteiger partial charge in [0.25, 0.3) is 5.91 Å². The molecule has 0 radical (unpaired) electrons. The van der Waals surface area contributed by atoms with Crippen LogP contribution < -0.4 is 5.32 Å². The molecule has 0 bridgehead atoms. The van der Waals surface area contributed by atoms with Crippen LogP contribution in [-0.2, 0) is 0 Å². The highest BCUT2D eigenvalue weighted by Crippen LogP contribution is 2.31. The number of aromatic nitrogens is 2. The van der Waals surface area contributed by atoms with Gasteiger partial charge < -0.3 is 5.32 Å². The Morgan fingerprint density at radius 1 is 1.38 bits per heavy atom. The van der Waals surface area contributed by atoms with E-state index >= 15 is 0 Å². The second-order valence-electron chi connectivity index (χ2n) is 5.32. The Balaban J connectivity index is 1.78. The highest BCUT2D eigenvalue weighted by Gasteiger charge is 2.34. The Hall–Kier alpha value is -1.85. The average Bonchev–Trinajstić information content (AvgIpc) is 3.11. The van der Waals surface area contributed by atoms with Crippen LogP contribution >= 0.6 is 11.6 Å². The molecule has 1 aromatic heterocycles. The normalized spacial score (nSPS) is 22.4. The summed E-state index contributed by atoms with van der Waals surface area (Å²) in [5, 5.41) is 10.3. The molecular formula is C15H17ClN4O. The van der Waals surface area contributed by atoms with Gasteiger partial charge in [0.1, 0.15) is 5.69 Å². The number of amides is 1. The lowest BCUT2D eigenvalue weighted by Gasteiger charge is -2.26. The minimum Gasteiger partial charge on any atom is -0.346 e. The van der Waals surface area contributed by atoms with Crippen molar-refractivity contribution in [2.45, 2.75) is 18.5 Å². The van der Waals surface area contributed by atoms with Crippen molar-refractivity contribution in [3.63, 3.8) is 0 Å². The first-order valence-electron chi connectivity index (χ1n) is 6.91. The van der Waals surface area contributed by atoms with E-state index in [9.17, 15) is 4.79 Å². The van der Waals surface area contributed by atoms with E-state index in [1.165, 1.54) is 0 Å². The van der Waals surface area contributed by atoms with Crippen molar-refractivity contribution in [3.8, 4) is 0 Å². The number of benzene rings is 1. The Labute approximate surface area is 128 Å². The predicted molar refractivity (Wildman–Crippen MR) is 81.3 cm³/mol. The molecule has 0 aliphatic carbocycles. The highest BCUT2D eigenvalue weighted by atomic mass is 35.5. The number of likely N-dealkylation sites (tertiary alicyclic amines) is 1. The van der Waals surface area contributed by atoms with Crippen molar-refractivity contribution in [2.24, 2.45) is 0 Å². The summed E-state index contributed by atoms with van der Waals surface area (Å²) in [5.41, 5.74) is 1.65. The van der Waals surface area contributed by atoms with Crippen LogP contribution in [0.1, 0.15) is 28.5 Å². The Bertz CT molecular complexity index is 611. The first-order valence-corrected chi connectivity index (χ1v) is 7.29. The van der Waals surface area contributed by atoms with Gasteiger partial charge in [-0.05, 0) is 37.2 Å². The molecule has 0 spiro atoms. The number of likely N-dealkylation sites (N-methyl/N-ethyl adjacent to an activating group) is 1. The van der Waals surface area contributed by atoms with Crippen LogP contribution in [0.2, 0.25) is 5.02 Å². The number of hydrogen-bond acceptors (Lipinski definition) is 3. The van der Waals surface area contributed by atoms with E-state index < -0.39 is 0 Å². The molecule has 1 saturated heterocycles. The quantitative estimate of drug-likeness (QED) is 0.914. The Morgan fingerprint density at radius 3 is 2.81 bits per heavy atom. The number of rotatable bonds is 3. The molecule has 3 rings (SSSR count). The summed E-state index contributed by atoms with van der Waals surface area (Å²) in [6, 6.07) is 9.72. The van der Waals surface area contributed by atoms with E-state index in [-0.39, 0.29) is 18.0 Å². The minimum atomic E-state index is -0.119. The fourth-order valence-electron chi connectivity index (χ4n) is 2.87. The third-order valence-corrected chi connectivity index (χ3v) is 4.17. The number of carbonyl (C=O) groups is 1. The summed E-state index contributed by atoms with van der Waals surface area (Å²) in [6.45, 7) is 0.946.